The Hall–Kier alpha value is -2.77. The molecule has 0 aliphatic rings. The lowest BCUT2D eigenvalue weighted by Crippen LogP contribution is -2.38. The summed E-state index contributed by atoms with van der Waals surface area (Å²) in [6, 6.07) is 23.2. The van der Waals surface area contributed by atoms with Gasteiger partial charge < -0.3 is 5.32 Å². The number of hydrogen-bond acceptors (Lipinski definition) is 4. The van der Waals surface area contributed by atoms with Crippen LogP contribution < -0.4 is 9.62 Å². The molecule has 0 saturated heterocycles. The van der Waals surface area contributed by atoms with E-state index in [0.717, 1.165) is 33.0 Å². The molecule has 162 valence electrons. The van der Waals surface area contributed by atoms with Crippen molar-refractivity contribution in [1.29, 1.82) is 0 Å². The molecule has 0 unspecified atom stereocenters. The molecule has 0 aliphatic heterocycles. The number of aryl methyl sites for hydroxylation is 1. The maximum absolute atomic E-state index is 12.6. The van der Waals surface area contributed by atoms with Gasteiger partial charge >= 0.3 is 0 Å². The molecule has 0 spiro atoms. The fraction of sp³-hybridized carbons (Fsp3) is 0.208. The van der Waals surface area contributed by atoms with E-state index >= 15 is 0 Å². The molecule has 3 rings (SSSR count). The van der Waals surface area contributed by atoms with E-state index in [1.165, 1.54) is 4.90 Å². The molecule has 0 saturated carbocycles. The number of anilines is 2. The smallest absolute Gasteiger partial charge is 0.245 e. The number of hydrogen-bond donors (Lipinski definition) is 1. The molecule has 1 N–H and O–H groups in total. The summed E-state index contributed by atoms with van der Waals surface area (Å²) in [6.45, 7) is 3.48. The third-order valence-corrected chi connectivity index (χ3v) is 7.13. The van der Waals surface area contributed by atoms with Gasteiger partial charge in [-0.25, -0.2) is 8.42 Å². The highest BCUT2D eigenvalue weighted by Gasteiger charge is 2.22. The normalized spacial score (nSPS) is 11.2. The van der Waals surface area contributed by atoms with Crippen LogP contribution in [0.25, 0.3) is 0 Å². The van der Waals surface area contributed by atoms with E-state index < -0.39 is 15.9 Å². The van der Waals surface area contributed by atoms with E-state index in [1.807, 2.05) is 62.4 Å². The Balaban J connectivity index is 1.65. The molecule has 3 aromatic rings. The number of nitrogens with one attached hydrogen (secondary N) is 1. The Morgan fingerprint density at radius 2 is 1.61 bits per heavy atom. The van der Waals surface area contributed by atoms with E-state index in [0.29, 0.717) is 11.4 Å². The van der Waals surface area contributed by atoms with Crippen LogP contribution in [-0.2, 0) is 20.6 Å². The van der Waals surface area contributed by atoms with Crippen LogP contribution >= 0.6 is 11.8 Å². The maximum atomic E-state index is 12.6. The second-order valence-electron chi connectivity index (χ2n) is 7.34. The van der Waals surface area contributed by atoms with Gasteiger partial charge in [0.05, 0.1) is 11.9 Å². The van der Waals surface area contributed by atoms with Gasteiger partial charge in [-0.3, -0.25) is 9.10 Å². The van der Waals surface area contributed by atoms with Crippen LogP contribution in [0.15, 0.2) is 77.7 Å². The Labute approximate surface area is 188 Å². The molecule has 0 bridgehead atoms. The molecule has 0 aromatic heterocycles. The highest BCUT2D eigenvalue weighted by Crippen LogP contribution is 2.25. The van der Waals surface area contributed by atoms with Gasteiger partial charge in [0.2, 0.25) is 15.9 Å². The van der Waals surface area contributed by atoms with Crippen LogP contribution in [-0.4, -0.2) is 27.1 Å². The Kier molecular flexibility index (Phi) is 7.41. The largest absolute Gasteiger partial charge is 0.325 e. The molecule has 5 nitrogen and oxygen atoms in total. The molecule has 0 atom stereocenters. The van der Waals surface area contributed by atoms with Gasteiger partial charge in [-0.1, -0.05) is 42.5 Å². The molecule has 0 heterocycles. The molecule has 7 heteroatoms. The number of nitrogens with zero attached hydrogens (tertiary/aromatic N) is 1. The maximum Gasteiger partial charge on any atom is 0.245 e. The first-order valence-electron chi connectivity index (χ1n) is 9.84. The molecule has 0 radical (unpaired) electrons. The number of benzene rings is 3. The summed E-state index contributed by atoms with van der Waals surface area (Å²) in [5.74, 6) is 0.435. The molecular formula is C24H26N2O3S2. The Bertz CT molecular complexity index is 1150. The first-order valence-corrected chi connectivity index (χ1v) is 12.7. The lowest BCUT2D eigenvalue weighted by Gasteiger charge is -2.24. The van der Waals surface area contributed by atoms with Crippen molar-refractivity contribution in [3.63, 3.8) is 0 Å². The van der Waals surface area contributed by atoms with E-state index in [2.05, 4.69) is 17.4 Å². The number of carbonyl (C=O) groups excluding carboxylic acids is 1. The zero-order valence-corrected chi connectivity index (χ0v) is 19.5. The minimum absolute atomic E-state index is 0.283. The highest BCUT2D eigenvalue weighted by molar-refractivity contribution is 7.98. The van der Waals surface area contributed by atoms with Crippen LogP contribution in [0.1, 0.15) is 16.7 Å². The van der Waals surface area contributed by atoms with Crippen molar-refractivity contribution in [3.8, 4) is 0 Å². The van der Waals surface area contributed by atoms with Gasteiger partial charge in [0.1, 0.15) is 6.54 Å². The molecular weight excluding hydrogens is 428 g/mol. The standard InChI is InChI=1S/C24H26N2O3S2/c1-18-8-7-11-23(19(18)2)26(31(3,28)29)16-24(27)25-21-14-12-20(13-15-21)17-30-22-9-5-4-6-10-22/h4-15H,16-17H2,1-3H3,(H,25,27). The van der Waals surface area contributed by atoms with Gasteiger partial charge in [-0.15, -0.1) is 11.8 Å². The van der Waals surface area contributed by atoms with Gasteiger partial charge in [0, 0.05) is 16.3 Å². The Morgan fingerprint density at radius 3 is 2.26 bits per heavy atom. The lowest BCUT2D eigenvalue weighted by molar-refractivity contribution is -0.114. The Morgan fingerprint density at radius 1 is 0.935 bits per heavy atom. The van der Waals surface area contributed by atoms with Crippen LogP contribution in [0.4, 0.5) is 11.4 Å². The molecule has 0 aliphatic carbocycles. The first kappa shape index (κ1) is 22.9. The van der Waals surface area contributed by atoms with Crippen molar-refractivity contribution in [2.24, 2.45) is 0 Å². The average molecular weight is 455 g/mol. The summed E-state index contributed by atoms with van der Waals surface area (Å²) in [5.41, 5.74) is 4.09. The van der Waals surface area contributed by atoms with E-state index in [-0.39, 0.29) is 6.54 Å². The first-order chi connectivity index (χ1) is 14.7. The van der Waals surface area contributed by atoms with Crippen molar-refractivity contribution in [2.45, 2.75) is 24.5 Å². The molecule has 31 heavy (non-hydrogen) atoms. The van der Waals surface area contributed by atoms with Crippen LogP contribution in [0.3, 0.4) is 0 Å². The minimum Gasteiger partial charge on any atom is -0.325 e. The highest BCUT2D eigenvalue weighted by atomic mass is 32.2. The molecule has 3 aromatic carbocycles. The summed E-state index contributed by atoms with van der Waals surface area (Å²) in [5, 5.41) is 2.80. The SMILES string of the molecule is Cc1cccc(N(CC(=O)Nc2ccc(CSc3ccccc3)cc2)S(C)(=O)=O)c1C. The molecule has 0 fully saturated rings. The fourth-order valence-corrected chi connectivity index (χ4v) is 4.87. The number of rotatable bonds is 8. The predicted octanol–water partition coefficient (Wildman–Crippen LogP) is 5.00. The zero-order chi connectivity index (χ0) is 22.4. The number of amides is 1. The minimum atomic E-state index is -3.62. The van der Waals surface area contributed by atoms with Crippen molar-refractivity contribution in [2.75, 3.05) is 22.4 Å². The third kappa shape index (κ3) is 6.35. The average Bonchev–Trinajstić information content (AvgIpc) is 2.74. The van der Waals surface area contributed by atoms with E-state index in [9.17, 15) is 13.2 Å². The monoisotopic (exact) mass is 454 g/mol. The van der Waals surface area contributed by atoms with E-state index in [4.69, 9.17) is 0 Å². The van der Waals surface area contributed by atoms with Crippen LogP contribution in [0.2, 0.25) is 0 Å². The van der Waals surface area contributed by atoms with Gasteiger partial charge in [-0.2, -0.15) is 0 Å². The van der Waals surface area contributed by atoms with Crippen molar-refractivity contribution in [3.05, 3.63) is 89.5 Å². The predicted molar refractivity (Wildman–Crippen MR) is 129 cm³/mol. The van der Waals surface area contributed by atoms with Gasteiger partial charge in [0.15, 0.2) is 0 Å². The van der Waals surface area contributed by atoms with Crippen LogP contribution in [0.5, 0.6) is 0 Å². The van der Waals surface area contributed by atoms with Crippen molar-refractivity contribution < 1.29 is 13.2 Å². The van der Waals surface area contributed by atoms with Crippen molar-refractivity contribution >= 4 is 39.1 Å². The lowest BCUT2D eigenvalue weighted by atomic mass is 10.1. The van der Waals surface area contributed by atoms with Crippen molar-refractivity contribution in [1.82, 2.24) is 0 Å². The van der Waals surface area contributed by atoms with Crippen LogP contribution in [0, 0.1) is 13.8 Å². The molecule has 1 amide bonds. The summed E-state index contributed by atoms with van der Waals surface area (Å²) in [6.07, 6.45) is 1.11. The topological polar surface area (TPSA) is 66.5 Å². The number of sulfonamides is 1. The quantitative estimate of drug-likeness (QED) is 0.487. The van der Waals surface area contributed by atoms with E-state index in [1.54, 1.807) is 23.9 Å². The second-order valence-corrected chi connectivity index (χ2v) is 10.3. The van der Waals surface area contributed by atoms with Gasteiger partial charge in [-0.05, 0) is 60.9 Å². The second kappa shape index (κ2) is 10.0. The van der Waals surface area contributed by atoms with Gasteiger partial charge in [0.25, 0.3) is 0 Å². The number of thioether (sulfide) groups is 1. The summed E-state index contributed by atoms with van der Waals surface area (Å²) >= 11 is 1.74. The summed E-state index contributed by atoms with van der Waals surface area (Å²) in [7, 11) is -3.62. The zero-order valence-electron chi connectivity index (χ0n) is 17.8. The number of carbonyl (C=O) groups is 1. The summed E-state index contributed by atoms with van der Waals surface area (Å²) < 4.78 is 25.9. The third-order valence-electron chi connectivity index (χ3n) is 4.92. The summed E-state index contributed by atoms with van der Waals surface area (Å²) in [4.78, 5) is 13.8. The fourth-order valence-electron chi connectivity index (χ4n) is 3.09.